The molecule has 8 nitrogen and oxygen atoms in total. The average molecular weight is 499 g/mol. The van der Waals surface area contributed by atoms with Crippen LogP contribution in [0.1, 0.15) is 37.3 Å². The molecule has 0 unspecified atom stereocenters. The van der Waals surface area contributed by atoms with Crippen LogP contribution in [0.25, 0.3) is 0 Å². The Morgan fingerprint density at radius 2 is 1.71 bits per heavy atom. The summed E-state index contributed by atoms with van der Waals surface area (Å²) in [6.45, 7) is 3.40. The van der Waals surface area contributed by atoms with Gasteiger partial charge in [0.2, 0.25) is 21.8 Å². The maximum absolute atomic E-state index is 13.2. The SMILES string of the molecule is CC(=O)N1CCc2cc(S(=O)(=O)N3CCC(CC(=O)NCc4ccc(N(C)C)cc4)CC3)ccc21. The Morgan fingerprint density at radius 1 is 1.03 bits per heavy atom. The van der Waals surface area contributed by atoms with Crippen LogP contribution in [0.2, 0.25) is 0 Å². The minimum Gasteiger partial charge on any atom is -0.378 e. The summed E-state index contributed by atoms with van der Waals surface area (Å²) < 4.78 is 28.0. The zero-order chi connectivity index (χ0) is 25.2. The fourth-order valence-electron chi connectivity index (χ4n) is 4.82. The summed E-state index contributed by atoms with van der Waals surface area (Å²) in [7, 11) is 0.373. The van der Waals surface area contributed by atoms with E-state index in [0.29, 0.717) is 51.9 Å². The minimum absolute atomic E-state index is 0.00311. The maximum Gasteiger partial charge on any atom is 0.243 e. The molecule has 2 aromatic carbocycles. The largest absolute Gasteiger partial charge is 0.378 e. The molecule has 1 saturated heterocycles. The summed E-state index contributed by atoms with van der Waals surface area (Å²) in [4.78, 5) is 28.2. The number of amides is 2. The molecule has 2 heterocycles. The standard InChI is InChI=1S/C26H34N4O4S/c1-19(31)30-15-12-22-17-24(8-9-25(22)30)35(33,34)29-13-10-20(11-14-29)16-26(32)27-18-21-4-6-23(7-5-21)28(2)3/h4-9,17,20H,10-16,18H2,1-3H3,(H,27,32). The van der Waals surface area contributed by atoms with Crippen LogP contribution in [0.3, 0.4) is 0 Å². The molecule has 2 aliphatic heterocycles. The molecule has 0 saturated carbocycles. The van der Waals surface area contributed by atoms with E-state index in [1.807, 2.05) is 43.3 Å². The van der Waals surface area contributed by atoms with Gasteiger partial charge in [-0.05, 0) is 66.6 Å². The molecule has 188 valence electrons. The fraction of sp³-hybridized carbons (Fsp3) is 0.462. The number of anilines is 2. The number of carbonyl (C=O) groups is 2. The van der Waals surface area contributed by atoms with Gasteiger partial charge < -0.3 is 15.1 Å². The van der Waals surface area contributed by atoms with E-state index in [2.05, 4.69) is 5.32 Å². The predicted octanol–water partition coefficient (Wildman–Crippen LogP) is 2.77. The maximum atomic E-state index is 13.2. The molecule has 2 aliphatic rings. The van der Waals surface area contributed by atoms with Crippen molar-refractivity contribution in [1.82, 2.24) is 9.62 Å². The van der Waals surface area contributed by atoms with Gasteiger partial charge in [-0.1, -0.05) is 12.1 Å². The van der Waals surface area contributed by atoms with Gasteiger partial charge in [-0.2, -0.15) is 4.31 Å². The number of hydrogen-bond acceptors (Lipinski definition) is 5. The van der Waals surface area contributed by atoms with Crippen LogP contribution in [0.5, 0.6) is 0 Å². The summed E-state index contributed by atoms with van der Waals surface area (Å²) >= 11 is 0. The lowest BCUT2D eigenvalue weighted by Gasteiger charge is -2.31. The monoisotopic (exact) mass is 498 g/mol. The van der Waals surface area contributed by atoms with Crippen molar-refractivity contribution in [2.45, 2.75) is 44.0 Å². The minimum atomic E-state index is -3.60. The second-order valence-corrected chi connectivity index (χ2v) is 11.5. The molecule has 1 fully saturated rings. The van der Waals surface area contributed by atoms with Gasteiger partial charge >= 0.3 is 0 Å². The molecule has 1 N–H and O–H groups in total. The number of nitrogens with one attached hydrogen (secondary N) is 1. The topological polar surface area (TPSA) is 90.0 Å². The molecule has 9 heteroatoms. The Morgan fingerprint density at radius 3 is 2.34 bits per heavy atom. The van der Waals surface area contributed by atoms with Crippen LogP contribution in [0.15, 0.2) is 47.4 Å². The first-order chi connectivity index (χ1) is 16.6. The highest BCUT2D eigenvalue weighted by molar-refractivity contribution is 7.89. The number of piperidine rings is 1. The van der Waals surface area contributed by atoms with Crippen molar-refractivity contribution < 1.29 is 18.0 Å². The molecule has 0 bridgehead atoms. The van der Waals surface area contributed by atoms with E-state index in [-0.39, 0.29) is 22.6 Å². The van der Waals surface area contributed by atoms with E-state index in [4.69, 9.17) is 0 Å². The molecule has 35 heavy (non-hydrogen) atoms. The number of hydrogen-bond donors (Lipinski definition) is 1. The molecule has 2 aromatic rings. The zero-order valence-electron chi connectivity index (χ0n) is 20.7. The van der Waals surface area contributed by atoms with Gasteiger partial charge in [0.05, 0.1) is 4.90 Å². The highest BCUT2D eigenvalue weighted by atomic mass is 32.2. The first-order valence-corrected chi connectivity index (χ1v) is 13.5. The Labute approximate surface area is 207 Å². The second kappa shape index (κ2) is 10.4. The van der Waals surface area contributed by atoms with Gasteiger partial charge in [0, 0.05) is 65.0 Å². The summed E-state index contributed by atoms with van der Waals surface area (Å²) in [6, 6.07) is 13.1. The van der Waals surface area contributed by atoms with Crippen LogP contribution in [-0.2, 0) is 32.6 Å². The van der Waals surface area contributed by atoms with E-state index in [0.717, 1.165) is 22.5 Å². The predicted molar refractivity (Wildman–Crippen MR) is 137 cm³/mol. The number of carbonyl (C=O) groups excluding carboxylic acids is 2. The van der Waals surface area contributed by atoms with Crippen LogP contribution >= 0.6 is 0 Å². The van der Waals surface area contributed by atoms with Crippen molar-refractivity contribution in [2.24, 2.45) is 5.92 Å². The Balaban J connectivity index is 1.28. The highest BCUT2D eigenvalue weighted by Gasteiger charge is 2.32. The van der Waals surface area contributed by atoms with Crippen LogP contribution in [-0.4, -0.2) is 58.3 Å². The molecule has 2 amide bonds. The molecular weight excluding hydrogens is 464 g/mol. The van der Waals surface area contributed by atoms with Gasteiger partial charge in [0.25, 0.3) is 0 Å². The van der Waals surface area contributed by atoms with E-state index in [1.165, 1.54) is 11.2 Å². The van der Waals surface area contributed by atoms with Crippen molar-refractivity contribution in [3.63, 3.8) is 0 Å². The van der Waals surface area contributed by atoms with Crippen molar-refractivity contribution >= 4 is 33.2 Å². The summed E-state index contributed by atoms with van der Waals surface area (Å²) in [5.41, 5.74) is 3.85. The number of rotatable bonds is 7. The third-order valence-electron chi connectivity index (χ3n) is 6.95. The highest BCUT2D eigenvalue weighted by Crippen LogP contribution is 2.32. The van der Waals surface area contributed by atoms with Gasteiger partial charge in [-0.3, -0.25) is 9.59 Å². The van der Waals surface area contributed by atoms with E-state index in [9.17, 15) is 18.0 Å². The number of fused-ring (bicyclic) bond motifs is 1. The first kappa shape index (κ1) is 25.2. The van der Waals surface area contributed by atoms with E-state index >= 15 is 0 Å². The number of sulfonamides is 1. The number of nitrogens with zero attached hydrogens (tertiary/aromatic N) is 3. The quantitative estimate of drug-likeness (QED) is 0.634. The molecule has 0 aliphatic carbocycles. The smallest absolute Gasteiger partial charge is 0.243 e. The molecular formula is C26H34N4O4S. The average Bonchev–Trinajstić information content (AvgIpc) is 3.27. The summed E-state index contributed by atoms with van der Waals surface area (Å²) in [5, 5.41) is 2.99. The first-order valence-electron chi connectivity index (χ1n) is 12.1. The molecule has 0 radical (unpaired) electrons. The molecule has 0 atom stereocenters. The second-order valence-electron chi connectivity index (χ2n) is 9.60. The lowest BCUT2D eigenvalue weighted by Crippen LogP contribution is -2.39. The fourth-order valence-corrected chi connectivity index (χ4v) is 6.34. The van der Waals surface area contributed by atoms with E-state index in [1.54, 1.807) is 23.1 Å². The zero-order valence-corrected chi connectivity index (χ0v) is 21.5. The third kappa shape index (κ3) is 5.67. The Hall–Kier alpha value is -2.91. The summed E-state index contributed by atoms with van der Waals surface area (Å²) in [5.74, 6) is 0.131. The van der Waals surface area contributed by atoms with Crippen molar-refractivity contribution in [3.05, 3.63) is 53.6 Å². The van der Waals surface area contributed by atoms with Crippen LogP contribution < -0.4 is 15.1 Å². The Bertz CT molecular complexity index is 1190. The van der Waals surface area contributed by atoms with Crippen molar-refractivity contribution in [2.75, 3.05) is 43.5 Å². The van der Waals surface area contributed by atoms with E-state index < -0.39 is 10.0 Å². The van der Waals surface area contributed by atoms with Gasteiger partial charge in [0.15, 0.2) is 0 Å². The van der Waals surface area contributed by atoms with Crippen LogP contribution in [0.4, 0.5) is 11.4 Å². The number of benzene rings is 2. The van der Waals surface area contributed by atoms with Gasteiger partial charge in [-0.15, -0.1) is 0 Å². The lowest BCUT2D eigenvalue weighted by atomic mass is 9.94. The molecule has 0 spiro atoms. The lowest BCUT2D eigenvalue weighted by molar-refractivity contribution is -0.122. The molecule has 0 aromatic heterocycles. The van der Waals surface area contributed by atoms with Crippen molar-refractivity contribution in [3.8, 4) is 0 Å². The Kier molecular flexibility index (Phi) is 7.47. The normalized spacial score (nSPS) is 16.7. The van der Waals surface area contributed by atoms with Gasteiger partial charge in [0.1, 0.15) is 0 Å². The summed E-state index contributed by atoms with van der Waals surface area (Å²) in [6.07, 6.45) is 2.39. The molecule has 4 rings (SSSR count). The van der Waals surface area contributed by atoms with Crippen molar-refractivity contribution in [1.29, 1.82) is 0 Å². The third-order valence-corrected chi connectivity index (χ3v) is 8.85. The van der Waals surface area contributed by atoms with Gasteiger partial charge in [-0.25, -0.2) is 8.42 Å². The van der Waals surface area contributed by atoms with Crippen LogP contribution in [0, 0.1) is 5.92 Å².